The van der Waals surface area contributed by atoms with Crippen LogP contribution in [-0.4, -0.2) is 6.04 Å². The highest BCUT2D eigenvalue weighted by atomic mass is 14.7. The molecule has 0 aromatic heterocycles. The minimum absolute atomic E-state index is 0.246. The first-order valence-electron chi connectivity index (χ1n) is 6.34. The Bertz CT molecular complexity index is 345. The van der Waals surface area contributed by atoms with Crippen molar-refractivity contribution in [1.29, 1.82) is 0 Å². The van der Waals surface area contributed by atoms with E-state index >= 15 is 0 Å². The van der Waals surface area contributed by atoms with E-state index in [1.807, 2.05) is 0 Å². The van der Waals surface area contributed by atoms with Crippen LogP contribution in [0.15, 0.2) is 24.3 Å². The molecule has 0 saturated heterocycles. The minimum Gasteiger partial charge on any atom is -0.327 e. The van der Waals surface area contributed by atoms with Crippen molar-refractivity contribution in [3.63, 3.8) is 0 Å². The van der Waals surface area contributed by atoms with E-state index in [4.69, 9.17) is 5.73 Å². The first kappa shape index (κ1) is 11.7. The molecule has 88 valence electrons. The molecule has 0 aliphatic heterocycles. The predicted molar refractivity (Wildman–Crippen MR) is 69.7 cm³/mol. The van der Waals surface area contributed by atoms with Crippen LogP contribution >= 0.6 is 0 Å². The van der Waals surface area contributed by atoms with E-state index in [1.54, 1.807) is 0 Å². The SMILES string of the molecule is CC(C)(C)c1ccc(C2CCCC2N)cc1. The number of benzene rings is 1. The van der Waals surface area contributed by atoms with E-state index in [1.165, 1.54) is 30.4 Å². The molecule has 2 atom stereocenters. The molecule has 1 saturated carbocycles. The van der Waals surface area contributed by atoms with Crippen molar-refractivity contribution in [3.05, 3.63) is 35.4 Å². The van der Waals surface area contributed by atoms with Crippen LogP contribution < -0.4 is 5.73 Å². The molecule has 2 unspecified atom stereocenters. The number of rotatable bonds is 1. The summed E-state index contributed by atoms with van der Waals surface area (Å²) in [7, 11) is 0. The maximum Gasteiger partial charge on any atom is 0.0108 e. The third-order valence-corrected chi connectivity index (χ3v) is 3.77. The lowest BCUT2D eigenvalue weighted by atomic mass is 9.85. The first-order chi connectivity index (χ1) is 7.48. The molecule has 0 amide bonds. The molecular formula is C15H23N. The third kappa shape index (κ3) is 2.30. The van der Waals surface area contributed by atoms with Crippen molar-refractivity contribution in [3.8, 4) is 0 Å². The standard InChI is InChI=1S/C15H23N/c1-15(2,3)12-9-7-11(8-10-12)13-5-4-6-14(13)16/h7-10,13-14H,4-6,16H2,1-3H3. The second-order valence-corrected chi connectivity index (χ2v) is 6.07. The highest BCUT2D eigenvalue weighted by Gasteiger charge is 2.25. The van der Waals surface area contributed by atoms with Gasteiger partial charge in [-0.05, 0) is 35.3 Å². The van der Waals surface area contributed by atoms with Gasteiger partial charge in [0.1, 0.15) is 0 Å². The van der Waals surface area contributed by atoms with Crippen molar-refractivity contribution in [2.75, 3.05) is 0 Å². The molecular weight excluding hydrogens is 194 g/mol. The van der Waals surface area contributed by atoms with Crippen LogP contribution in [0.5, 0.6) is 0 Å². The van der Waals surface area contributed by atoms with Crippen LogP contribution in [0, 0.1) is 0 Å². The summed E-state index contributed by atoms with van der Waals surface area (Å²) >= 11 is 0. The zero-order valence-corrected chi connectivity index (χ0v) is 10.7. The summed E-state index contributed by atoms with van der Waals surface area (Å²) in [5.74, 6) is 0.592. The van der Waals surface area contributed by atoms with Gasteiger partial charge in [-0.25, -0.2) is 0 Å². The molecule has 1 aliphatic carbocycles. The van der Waals surface area contributed by atoms with Gasteiger partial charge in [-0.2, -0.15) is 0 Å². The van der Waals surface area contributed by atoms with Gasteiger partial charge < -0.3 is 5.73 Å². The van der Waals surface area contributed by atoms with Gasteiger partial charge in [-0.3, -0.25) is 0 Å². The molecule has 1 aliphatic rings. The summed E-state index contributed by atoms with van der Waals surface area (Å²) in [6.45, 7) is 6.76. The van der Waals surface area contributed by atoms with E-state index in [2.05, 4.69) is 45.0 Å². The lowest BCUT2D eigenvalue weighted by molar-refractivity contribution is 0.586. The molecule has 1 nitrogen and oxygen atoms in total. The molecule has 0 bridgehead atoms. The lowest BCUT2D eigenvalue weighted by Crippen LogP contribution is -2.22. The summed E-state index contributed by atoms with van der Waals surface area (Å²) in [4.78, 5) is 0. The maximum atomic E-state index is 6.13. The van der Waals surface area contributed by atoms with Gasteiger partial charge in [-0.1, -0.05) is 51.5 Å². The monoisotopic (exact) mass is 217 g/mol. The van der Waals surface area contributed by atoms with Gasteiger partial charge in [0, 0.05) is 6.04 Å². The fraction of sp³-hybridized carbons (Fsp3) is 0.600. The van der Waals surface area contributed by atoms with Crippen LogP contribution in [-0.2, 0) is 5.41 Å². The largest absolute Gasteiger partial charge is 0.327 e. The normalized spacial score (nSPS) is 26.0. The molecule has 0 heterocycles. The van der Waals surface area contributed by atoms with Crippen LogP contribution in [0.25, 0.3) is 0 Å². The number of nitrogens with two attached hydrogens (primary N) is 1. The summed E-state index contributed by atoms with van der Waals surface area (Å²) in [6, 6.07) is 9.45. The fourth-order valence-corrected chi connectivity index (χ4v) is 2.63. The van der Waals surface area contributed by atoms with Gasteiger partial charge >= 0.3 is 0 Å². The molecule has 0 radical (unpaired) electrons. The van der Waals surface area contributed by atoms with E-state index < -0.39 is 0 Å². The predicted octanol–water partition coefficient (Wildman–Crippen LogP) is 3.58. The molecule has 0 spiro atoms. The Morgan fingerprint density at radius 1 is 1.06 bits per heavy atom. The molecule has 2 N–H and O–H groups in total. The molecule has 1 aromatic rings. The Morgan fingerprint density at radius 2 is 1.69 bits per heavy atom. The lowest BCUT2D eigenvalue weighted by Gasteiger charge is -2.21. The molecule has 16 heavy (non-hydrogen) atoms. The highest BCUT2D eigenvalue weighted by Crippen LogP contribution is 2.34. The van der Waals surface area contributed by atoms with Crippen molar-refractivity contribution >= 4 is 0 Å². The van der Waals surface area contributed by atoms with E-state index in [0.717, 1.165) is 0 Å². The fourth-order valence-electron chi connectivity index (χ4n) is 2.63. The molecule has 1 fully saturated rings. The highest BCUT2D eigenvalue weighted by molar-refractivity contribution is 5.30. The average Bonchev–Trinajstić information content (AvgIpc) is 2.63. The molecule has 2 rings (SSSR count). The Kier molecular flexibility index (Phi) is 3.07. The second-order valence-electron chi connectivity index (χ2n) is 6.07. The van der Waals surface area contributed by atoms with Gasteiger partial charge in [0.15, 0.2) is 0 Å². The quantitative estimate of drug-likeness (QED) is 0.764. The summed E-state index contributed by atoms with van der Waals surface area (Å²) < 4.78 is 0. The number of hydrogen-bond acceptors (Lipinski definition) is 1. The first-order valence-corrected chi connectivity index (χ1v) is 6.34. The Labute approximate surface area is 99.0 Å². The maximum absolute atomic E-state index is 6.13. The molecule has 1 heteroatoms. The number of hydrogen-bond donors (Lipinski definition) is 1. The smallest absolute Gasteiger partial charge is 0.0108 e. The third-order valence-electron chi connectivity index (χ3n) is 3.77. The zero-order valence-electron chi connectivity index (χ0n) is 10.7. The van der Waals surface area contributed by atoms with Crippen molar-refractivity contribution in [2.45, 2.75) is 57.4 Å². The van der Waals surface area contributed by atoms with Gasteiger partial charge in [0.2, 0.25) is 0 Å². The topological polar surface area (TPSA) is 26.0 Å². The van der Waals surface area contributed by atoms with Gasteiger partial charge in [0.05, 0.1) is 0 Å². The van der Waals surface area contributed by atoms with Crippen molar-refractivity contribution in [1.82, 2.24) is 0 Å². The summed E-state index contributed by atoms with van der Waals surface area (Å²) in [5.41, 5.74) is 9.22. The Morgan fingerprint density at radius 3 is 2.12 bits per heavy atom. The summed E-state index contributed by atoms with van der Waals surface area (Å²) in [6.07, 6.45) is 3.73. The van der Waals surface area contributed by atoms with E-state index in [0.29, 0.717) is 12.0 Å². The van der Waals surface area contributed by atoms with E-state index in [-0.39, 0.29) is 5.41 Å². The zero-order chi connectivity index (χ0) is 11.8. The van der Waals surface area contributed by atoms with Crippen LogP contribution in [0.3, 0.4) is 0 Å². The van der Waals surface area contributed by atoms with Crippen LogP contribution in [0.1, 0.15) is 57.1 Å². The Hall–Kier alpha value is -0.820. The van der Waals surface area contributed by atoms with E-state index in [9.17, 15) is 0 Å². The molecule has 1 aromatic carbocycles. The average molecular weight is 217 g/mol. The Balaban J connectivity index is 2.19. The van der Waals surface area contributed by atoms with Crippen molar-refractivity contribution < 1.29 is 0 Å². The summed E-state index contributed by atoms with van der Waals surface area (Å²) in [5, 5.41) is 0. The van der Waals surface area contributed by atoms with Gasteiger partial charge in [-0.15, -0.1) is 0 Å². The van der Waals surface area contributed by atoms with Crippen molar-refractivity contribution in [2.24, 2.45) is 5.73 Å². The van der Waals surface area contributed by atoms with Crippen LogP contribution in [0.4, 0.5) is 0 Å². The van der Waals surface area contributed by atoms with Gasteiger partial charge in [0.25, 0.3) is 0 Å². The second kappa shape index (κ2) is 4.21. The van der Waals surface area contributed by atoms with Crippen LogP contribution in [0.2, 0.25) is 0 Å². The minimum atomic E-state index is 0.246.